The highest BCUT2D eigenvalue weighted by molar-refractivity contribution is 7.89. The minimum absolute atomic E-state index is 0.156. The first-order chi connectivity index (χ1) is 15.4. The number of sulfonamides is 1. The molecule has 0 aliphatic carbocycles. The molecule has 0 spiro atoms. The van der Waals surface area contributed by atoms with Crippen LogP contribution in [0.5, 0.6) is 17.2 Å². The van der Waals surface area contributed by atoms with E-state index in [1.54, 1.807) is 37.5 Å². The van der Waals surface area contributed by atoms with E-state index < -0.39 is 21.5 Å². The molecular formula is C23H29N4O5S+. The van der Waals surface area contributed by atoms with Crippen molar-refractivity contribution in [1.82, 2.24) is 14.9 Å². The van der Waals surface area contributed by atoms with E-state index in [9.17, 15) is 13.2 Å². The fraction of sp³-hybridized carbons (Fsp3) is 0.304. The van der Waals surface area contributed by atoms with Crippen molar-refractivity contribution in [3.05, 3.63) is 59.8 Å². The summed E-state index contributed by atoms with van der Waals surface area (Å²) < 4.78 is 37.8. The molecule has 1 aliphatic rings. The fourth-order valence-corrected chi connectivity index (χ4v) is 4.20. The number of amides is 1. The smallest absolute Gasteiger partial charge is 0.339 e. The Morgan fingerprint density at radius 2 is 1.88 bits per heavy atom. The Morgan fingerprint density at radius 3 is 2.48 bits per heavy atom. The van der Waals surface area contributed by atoms with Crippen LogP contribution in [0.3, 0.4) is 0 Å². The van der Waals surface area contributed by atoms with Gasteiger partial charge >= 0.3 is 5.91 Å². The number of nitrogens with zero attached hydrogens (tertiary/aromatic N) is 1. The molecule has 1 aliphatic heterocycles. The van der Waals surface area contributed by atoms with Crippen LogP contribution in [-0.4, -0.2) is 51.2 Å². The van der Waals surface area contributed by atoms with E-state index in [1.807, 2.05) is 13.8 Å². The molecular weight excluding hydrogens is 444 g/mol. The second-order valence-electron chi connectivity index (χ2n) is 8.38. The van der Waals surface area contributed by atoms with Gasteiger partial charge in [0.25, 0.3) is 5.84 Å². The topological polar surface area (TPSA) is 123 Å². The van der Waals surface area contributed by atoms with Crippen LogP contribution < -0.4 is 25.5 Å². The van der Waals surface area contributed by atoms with Crippen LogP contribution in [0.4, 0.5) is 0 Å². The van der Waals surface area contributed by atoms with Gasteiger partial charge < -0.3 is 14.8 Å². The third-order valence-electron chi connectivity index (χ3n) is 4.94. The predicted octanol–water partition coefficient (Wildman–Crippen LogP) is 1.06. The zero-order chi connectivity index (χ0) is 24.4. The molecule has 2 aromatic carbocycles. The van der Waals surface area contributed by atoms with Crippen LogP contribution >= 0.6 is 0 Å². The number of rotatable bonds is 7. The predicted molar refractivity (Wildman–Crippen MR) is 125 cm³/mol. The van der Waals surface area contributed by atoms with Gasteiger partial charge in [-0.15, -0.1) is 0 Å². The zero-order valence-electron chi connectivity index (χ0n) is 19.3. The number of fused-ring (bicyclic) bond motifs is 1. The van der Waals surface area contributed by atoms with Gasteiger partial charge in [0, 0.05) is 45.4 Å². The van der Waals surface area contributed by atoms with Crippen LogP contribution in [0.25, 0.3) is 0 Å². The Bertz CT molecular complexity index is 1200. The van der Waals surface area contributed by atoms with E-state index in [1.165, 1.54) is 32.3 Å². The molecule has 0 fully saturated rings. The van der Waals surface area contributed by atoms with Gasteiger partial charge in [0.1, 0.15) is 22.8 Å². The average Bonchev–Trinajstić information content (AvgIpc) is 3.06. The Labute approximate surface area is 194 Å². The molecule has 0 radical (unpaired) electrons. The van der Waals surface area contributed by atoms with Gasteiger partial charge in [-0.3, -0.25) is 5.41 Å². The van der Waals surface area contributed by atoms with Crippen LogP contribution in [0, 0.1) is 0 Å². The molecule has 0 aromatic heterocycles. The minimum Gasteiger partial charge on any atom is -0.487 e. The average molecular weight is 474 g/mol. The molecule has 0 bridgehead atoms. The van der Waals surface area contributed by atoms with E-state index in [0.29, 0.717) is 29.2 Å². The molecule has 4 N–H and O–H groups in total. The fourth-order valence-electron chi connectivity index (χ4n) is 3.30. The maximum atomic E-state index is 12.8. The largest absolute Gasteiger partial charge is 0.487 e. The highest BCUT2D eigenvalue weighted by Gasteiger charge is 2.34. The van der Waals surface area contributed by atoms with Crippen molar-refractivity contribution in [1.29, 1.82) is 0 Å². The molecule has 176 valence electrons. The Morgan fingerprint density at radius 1 is 1.21 bits per heavy atom. The van der Waals surface area contributed by atoms with Crippen molar-refractivity contribution >= 4 is 21.8 Å². The van der Waals surface area contributed by atoms with Crippen molar-refractivity contribution in [2.24, 2.45) is 0 Å². The van der Waals surface area contributed by atoms with E-state index >= 15 is 0 Å². The SMILES string of the molecule is CN/C=C\C(=[NH2+])NC(=O)c1cc(Oc2ccc(S(=O)(=O)N(C)C)cc2)c2c(c1)OC(C)(C)C2. The maximum absolute atomic E-state index is 12.8. The van der Waals surface area contributed by atoms with Crippen LogP contribution in [-0.2, 0) is 16.4 Å². The van der Waals surface area contributed by atoms with Crippen molar-refractivity contribution < 1.29 is 28.1 Å². The zero-order valence-corrected chi connectivity index (χ0v) is 20.1. The molecule has 0 unspecified atom stereocenters. The van der Waals surface area contributed by atoms with Gasteiger partial charge in [-0.05, 0) is 50.2 Å². The monoisotopic (exact) mass is 473 g/mol. The summed E-state index contributed by atoms with van der Waals surface area (Å²) >= 11 is 0. The van der Waals surface area contributed by atoms with Crippen molar-refractivity contribution in [2.75, 3.05) is 21.1 Å². The summed E-state index contributed by atoms with van der Waals surface area (Å²) in [6.45, 7) is 3.90. The summed E-state index contributed by atoms with van der Waals surface area (Å²) in [6, 6.07) is 9.39. The van der Waals surface area contributed by atoms with E-state index in [-0.39, 0.29) is 10.7 Å². The lowest BCUT2D eigenvalue weighted by Crippen LogP contribution is -2.49. The summed E-state index contributed by atoms with van der Waals surface area (Å²) in [7, 11) is 1.12. The first-order valence-corrected chi connectivity index (χ1v) is 11.7. The van der Waals surface area contributed by atoms with Crippen LogP contribution in [0.1, 0.15) is 29.8 Å². The van der Waals surface area contributed by atoms with Crippen molar-refractivity contribution in [3.63, 3.8) is 0 Å². The van der Waals surface area contributed by atoms with Gasteiger partial charge in [-0.25, -0.2) is 22.8 Å². The van der Waals surface area contributed by atoms with Crippen molar-refractivity contribution in [3.8, 4) is 17.2 Å². The van der Waals surface area contributed by atoms with Crippen LogP contribution in [0.2, 0.25) is 0 Å². The second kappa shape index (κ2) is 9.24. The van der Waals surface area contributed by atoms with E-state index in [0.717, 1.165) is 9.87 Å². The Hall–Kier alpha value is -3.37. The Kier molecular flexibility index (Phi) is 6.80. The van der Waals surface area contributed by atoms with E-state index in [4.69, 9.17) is 14.9 Å². The van der Waals surface area contributed by atoms with Gasteiger partial charge in [0.05, 0.1) is 10.5 Å². The summed E-state index contributed by atoms with van der Waals surface area (Å²) in [6.07, 6.45) is 3.72. The molecule has 1 heterocycles. The molecule has 33 heavy (non-hydrogen) atoms. The number of carbonyl (C=O) groups excluding carboxylic acids is 1. The molecule has 3 rings (SSSR count). The molecule has 0 saturated heterocycles. The molecule has 2 aromatic rings. The molecule has 1 amide bonds. The molecule has 0 atom stereocenters. The quantitative estimate of drug-likeness (QED) is 0.408. The first-order valence-electron chi connectivity index (χ1n) is 10.3. The summed E-state index contributed by atoms with van der Waals surface area (Å²) in [5, 5.41) is 11.2. The highest BCUT2D eigenvalue weighted by Crippen LogP contribution is 2.43. The number of amidine groups is 1. The minimum atomic E-state index is -3.55. The van der Waals surface area contributed by atoms with Crippen molar-refractivity contribution in [2.45, 2.75) is 30.8 Å². The summed E-state index contributed by atoms with van der Waals surface area (Å²) in [5.74, 6) is 1.20. The summed E-state index contributed by atoms with van der Waals surface area (Å²) in [5.41, 5.74) is 0.683. The van der Waals surface area contributed by atoms with Gasteiger partial charge in [0.15, 0.2) is 0 Å². The third-order valence-corrected chi connectivity index (χ3v) is 6.77. The lowest BCUT2D eigenvalue weighted by Gasteiger charge is -2.16. The molecule has 9 nitrogen and oxygen atoms in total. The Balaban J connectivity index is 1.92. The first kappa shape index (κ1) is 24.3. The number of nitrogens with two attached hydrogens (primary N) is 1. The second-order valence-corrected chi connectivity index (χ2v) is 10.5. The number of carbonyl (C=O) groups is 1. The maximum Gasteiger partial charge on any atom is 0.339 e. The number of benzene rings is 2. The number of hydrogen-bond acceptors (Lipinski definition) is 6. The van der Waals surface area contributed by atoms with Crippen LogP contribution in [0.15, 0.2) is 53.6 Å². The lowest BCUT2D eigenvalue weighted by atomic mass is 9.99. The normalized spacial score (nSPS) is 14.6. The van der Waals surface area contributed by atoms with Gasteiger partial charge in [-0.2, -0.15) is 0 Å². The standard InChI is InChI=1S/C23H28N4O5S/c1-23(2)14-18-19(31-16-6-8-17(9-7-16)33(29,30)27(4)5)12-15(13-20(18)32-23)22(28)26-21(24)10-11-25-3/h6-13,25H,14H2,1-5H3,(H2,24,26,28)/p+1/b11-10-. The van der Waals surface area contributed by atoms with Gasteiger partial charge in [-0.1, -0.05) is 0 Å². The molecule has 10 heteroatoms. The third kappa shape index (κ3) is 5.52. The number of ether oxygens (including phenoxy) is 2. The molecule has 0 saturated carbocycles. The number of nitrogens with one attached hydrogen (secondary N) is 2. The summed E-state index contributed by atoms with van der Waals surface area (Å²) in [4.78, 5) is 12.9. The number of hydrogen-bond donors (Lipinski definition) is 3. The highest BCUT2D eigenvalue weighted by atomic mass is 32.2. The van der Waals surface area contributed by atoms with E-state index in [2.05, 4.69) is 10.6 Å². The van der Waals surface area contributed by atoms with Gasteiger partial charge in [0.2, 0.25) is 10.0 Å². The lowest BCUT2D eigenvalue weighted by molar-refractivity contribution is -0.115.